The molecule has 0 aromatic heterocycles. The summed E-state index contributed by atoms with van der Waals surface area (Å²) in [7, 11) is 3.91. The zero-order chi connectivity index (χ0) is 16.8. The Balaban J connectivity index is 2.03. The van der Waals surface area contributed by atoms with Crippen molar-refractivity contribution in [2.45, 2.75) is 6.92 Å². The summed E-state index contributed by atoms with van der Waals surface area (Å²) in [4.78, 5) is 27.4. The summed E-state index contributed by atoms with van der Waals surface area (Å²) in [5.41, 5.74) is 2.47. The molecule has 1 N–H and O–H groups in total. The second kappa shape index (κ2) is 7.45. The number of hydrogen-bond donors (Lipinski definition) is 1. The maximum Gasteiger partial charge on any atom is 0.244 e. The van der Waals surface area contributed by atoms with Crippen molar-refractivity contribution < 1.29 is 9.59 Å². The Morgan fingerprint density at radius 3 is 2.04 bits per heavy atom. The van der Waals surface area contributed by atoms with E-state index < -0.39 is 0 Å². The molecule has 0 saturated heterocycles. The third-order valence-corrected chi connectivity index (χ3v) is 3.42. The van der Waals surface area contributed by atoms with Gasteiger partial charge in [0.05, 0.1) is 0 Å². The van der Waals surface area contributed by atoms with E-state index in [2.05, 4.69) is 5.32 Å². The second-order valence-electron chi connectivity index (χ2n) is 5.43. The molecule has 0 heterocycles. The zero-order valence-electron chi connectivity index (χ0n) is 13.6. The quantitative estimate of drug-likeness (QED) is 0.924. The molecule has 2 rings (SSSR count). The van der Waals surface area contributed by atoms with E-state index in [9.17, 15) is 9.59 Å². The van der Waals surface area contributed by atoms with Crippen molar-refractivity contribution in [1.82, 2.24) is 0 Å². The Morgan fingerprint density at radius 1 is 0.913 bits per heavy atom. The molecular weight excluding hydrogens is 290 g/mol. The van der Waals surface area contributed by atoms with E-state index in [1.54, 1.807) is 12.1 Å². The lowest BCUT2D eigenvalue weighted by Gasteiger charge is -2.20. The molecule has 2 aromatic rings. The molecule has 23 heavy (non-hydrogen) atoms. The molecule has 0 spiro atoms. The molecule has 2 amide bonds. The molecule has 0 bridgehead atoms. The Hall–Kier alpha value is -2.82. The number of carbonyl (C=O) groups is 2. The monoisotopic (exact) mass is 311 g/mol. The molecule has 0 saturated carbocycles. The molecule has 5 heteroatoms. The third kappa shape index (κ3) is 4.57. The van der Waals surface area contributed by atoms with Crippen LogP contribution in [0.25, 0.3) is 0 Å². The van der Waals surface area contributed by atoms with Crippen LogP contribution in [0.15, 0.2) is 54.6 Å². The van der Waals surface area contributed by atoms with Crippen LogP contribution in [0.2, 0.25) is 0 Å². The Bertz CT molecular complexity index is 666. The number of para-hydroxylation sites is 1. The van der Waals surface area contributed by atoms with E-state index >= 15 is 0 Å². The lowest BCUT2D eigenvalue weighted by molar-refractivity contribution is -0.120. The van der Waals surface area contributed by atoms with Gasteiger partial charge in [-0.2, -0.15) is 0 Å². The van der Waals surface area contributed by atoms with E-state index in [0.717, 1.165) is 5.69 Å². The summed E-state index contributed by atoms with van der Waals surface area (Å²) >= 11 is 0. The lowest BCUT2D eigenvalue weighted by atomic mass is 10.2. The van der Waals surface area contributed by atoms with Gasteiger partial charge in [0.25, 0.3) is 0 Å². The van der Waals surface area contributed by atoms with Gasteiger partial charge < -0.3 is 15.1 Å². The van der Waals surface area contributed by atoms with Crippen LogP contribution < -0.4 is 15.1 Å². The normalized spacial score (nSPS) is 10.0. The topological polar surface area (TPSA) is 52.7 Å². The lowest BCUT2D eigenvalue weighted by Crippen LogP contribution is -2.36. The van der Waals surface area contributed by atoms with E-state index in [1.807, 2.05) is 61.5 Å². The van der Waals surface area contributed by atoms with Gasteiger partial charge in [-0.25, -0.2) is 0 Å². The first kappa shape index (κ1) is 16.5. The number of anilines is 3. The van der Waals surface area contributed by atoms with E-state index in [4.69, 9.17) is 0 Å². The zero-order valence-corrected chi connectivity index (χ0v) is 13.6. The van der Waals surface area contributed by atoms with Crippen LogP contribution in [0.3, 0.4) is 0 Å². The van der Waals surface area contributed by atoms with Gasteiger partial charge in [-0.3, -0.25) is 9.59 Å². The van der Waals surface area contributed by atoms with Crippen molar-refractivity contribution in [3.8, 4) is 0 Å². The van der Waals surface area contributed by atoms with Gasteiger partial charge >= 0.3 is 0 Å². The molecule has 0 aliphatic rings. The maximum atomic E-state index is 12.2. The first-order chi connectivity index (χ1) is 11.0. The van der Waals surface area contributed by atoms with E-state index in [1.165, 1.54) is 11.8 Å². The predicted octanol–water partition coefficient (Wildman–Crippen LogP) is 2.74. The first-order valence-electron chi connectivity index (χ1n) is 7.38. The molecule has 0 aliphatic heterocycles. The predicted molar refractivity (Wildman–Crippen MR) is 93.9 cm³/mol. The number of benzene rings is 2. The fourth-order valence-corrected chi connectivity index (χ4v) is 2.18. The highest BCUT2D eigenvalue weighted by Crippen LogP contribution is 2.17. The van der Waals surface area contributed by atoms with Gasteiger partial charge in [0.2, 0.25) is 11.8 Å². The summed E-state index contributed by atoms with van der Waals surface area (Å²) in [6, 6.07) is 16.7. The highest BCUT2D eigenvalue weighted by molar-refractivity contribution is 6.01. The van der Waals surface area contributed by atoms with Gasteiger partial charge in [0.1, 0.15) is 6.54 Å². The number of carbonyl (C=O) groups excluding carboxylic acids is 2. The first-order valence-corrected chi connectivity index (χ1v) is 7.38. The molecule has 0 aliphatic carbocycles. The summed E-state index contributed by atoms with van der Waals surface area (Å²) in [5, 5.41) is 2.81. The minimum Gasteiger partial charge on any atom is -0.378 e. The average Bonchev–Trinajstić information content (AvgIpc) is 2.53. The number of nitrogens with zero attached hydrogens (tertiary/aromatic N) is 2. The van der Waals surface area contributed by atoms with Crippen molar-refractivity contribution in [1.29, 1.82) is 0 Å². The smallest absolute Gasteiger partial charge is 0.244 e. The minimum absolute atomic E-state index is 0.0191. The van der Waals surface area contributed by atoms with Gasteiger partial charge in [0, 0.05) is 38.1 Å². The number of amides is 2. The average molecular weight is 311 g/mol. The summed E-state index contributed by atoms with van der Waals surface area (Å²) < 4.78 is 0. The van der Waals surface area contributed by atoms with Crippen LogP contribution in [-0.4, -0.2) is 32.5 Å². The molecule has 120 valence electrons. The fourth-order valence-electron chi connectivity index (χ4n) is 2.18. The molecule has 0 unspecified atom stereocenters. The van der Waals surface area contributed by atoms with Gasteiger partial charge in [-0.1, -0.05) is 18.2 Å². The molecule has 0 fully saturated rings. The highest BCUT2D eigenvalue weighted by atomic mass is 16.2. The molecule has 0 radical (unpaired) electrons. The fraction of sp³-hybridized carbons (Fsp3) is 0.222. The SMILES string of the molecule is CC(=O)N(CC(=O)Nc1ccc(N(C)C)cc1)c1ccccc1. The van der Waals surface area contributed by atoms with Crippen molar-refractivity contribution in [2.24, 2.45) is 0 Å². The van der Waals surface area contributed by atoms with Gasteiger partial charge in [-0.05, 0) is 36.4 Å². The standard InChI is InChI=1S/C18H21N3O2/c1-14(22)21(17-7-5-4-6-8-17)13-18(23)19-15-9-11-16(12-10-15)20(2)3/h4-12H,13H2,1-3H3,(H,19,23). The van der Waals surface area contributed by atoms with E-state index in [-0.39, 0.29) is 18.4 Å². The van der Waals surface area contributed by atoms with Crippen LogP contribution in [-0.2, 0) is 9.59 Å². The van der Waals surface area contributed by atoms with Crippen LogP contribution in [0.1, 0.15) is 6.92 Å². The van der Waals surface area contributed by atoms with Crippen LogP contribution >= 0.6 is 0 Å². The molecule has 0 atom stereocenters. The maximum absolute atomic E-state index is 12.2. The summed E-state index contributed by atoms with van der Waals surface area (Å²) in [5.74, 6) is -0.407. The molecule has 5 nitrogen and oxygen atoms in total. The number of nitrogens with one attached hydrogen (secondary N) is 1. The van der Waals surface area contributed by atoms with E-state index in [0.29, 0.717) is 11.4 Å². The Kier molecular flexibility index (Phi) is 5.36. The summed E-state index contributed by atoms with van der Waals surface area (Å²) in [6.07, 6.45) is 0. The van der Waals surface area contributed by atoms with Crippen molar-refractivity contribution in [2.75, 3.05) is 35.8 Å². The Morgan fingerprint density at radius 2 is 1.52 bits per heavy atom. The van der Waals surface area contributed by atoms with Crippen molar-refractivity contribution in [3.63, 3.8) is 0 Å². The van der Waals surface area contributed by atoms with Gasteiger partial charge in [-0.15, -0.1) is 0 Å². The van der Waals surface area contributed by atoms with Gasteiger partial charge in [0.15, 0.2) is 0 Å². The second-order valence-corrected chi connectivity index (χ2v) is 5.43. The van der Waals surface area contributed by atoms with Crippen LogP contribution in [0.4, 0.5) is 17.1 Å². The third-order valence-electron chi connectivity index (χ3n) is 3.42. The Labute approximate surface area is 136 Å². The molecule has 2 aromatic carbocycles. The number of hydrogen-bond acceptors (Lipinski definition) is 3. The minimum atomic E-state index is -0.235. The van der Waals surface area contributed by atoms with Crippen molar-refractivity contribution >= 4 is 28.9 Å². The summed E-state index contributed by atoms with van der Waals surface area (Å²) in [6.45, 7) is 1.43. The molecular formula is C18H21N3O2. The van der Waals surface area contributed by atoms with Crippen molar-refractivity contribution in [3.05, 3.63) is 54.6 Å². The highest BCUT2D eigenvalue weighted by Gasteiger charge is 2.15. The number of rotatable bonds is 5. The van der Waals surface area contributed by atoms with Crippen LogP contribution in [0.5, 0.6) is 0 Å². The largest absolute Gasteiger partial charge is 0.378 e. The van der Waals surface area contributed by atoms with Crippen LogP contribution in [0, 0.1) is 0 Å².